The molecule has 4 heteroatoms. The molecule has 4 nitrogen and oxygen atoms in total. The molecule has 21 heavy (non-hydrogen) atoms. The highest BCUT2D eigenvalue weighted by atomic mass is 15.1. The number of aromatic nitrogens is 3. The minimum Gasteiger partial charge on any atom is -0.367 e. The van der Waals surface area contributed by atoms with E-state index >= 15 is 0 Å². The van der Waals surface area contributed by atoms with Crippen LogP contribution in [0.25, 0.3) is 27.6 Å². The number of hydrogen-bond acceptors (Lipinski definition) is 3. The molecule has 3 aromatic heterocycles. The molecule has 0 atom stereocenters. The molecular formula is C17H16N4. The van der Waals surface area contributed by atoms with Crippen molar-refractivity contribution in [3.05, 3.63) is 48.7 Å². The average Bonchev–Trinajstić information content (AvgIpc) is 2.86. The molecule has 0 radical (unpaired) electrons. The Bertz CT molecular complexity index is 953. The Morgan fingerprint density at radius 3 is 2.52 bits per heavy atom. The highest BCUT2D eigenvalue weighted by molar-refractivity contribution is 6.08. The number of rotatable bonds is 2. The molecule has 0 aliphatic carbocycles. The first-order valence-electron chi connectivity index (χ1n) is 7.16. The molecule has 0 unspecified atom stereocenters. The molecule has 0 aliphatic heterocycles. The van der Waals surface area contributed by atoms with Gasteiger partial charge in [0.05, 0.1) is 0 Å². The van der Waals surface area contributed by atoms with E-state index in [4.69, 9.17) is 9.97 Å². The van der Waals surface area contributed by atoms with Gasteiger partial charge in [-0.25, -0.2) is 9.97 Å². The van der Waals surface area contributed by atoms with Crippen molar-refractivity contribution < 1.29 is 0 Å². The second-order valence-corrected chi connectivity index (χ2v) is 5.52. The molecule has 0 aliphatic rings. The Morgan fingerprint density at radius 2 is 1.71 bits per heavy atom. The van der Waals surface area contributed by atoms with Gasteiger partial charge in [-0.1, -0.05) is 30.3 Å². The van der Waals surface area contributed by atoms with E-state index in [2.05, 4.69) is 31.3 Å². The SMILES string of the molecule is CC(C)Nc1nc2c(nc3ccccn32)c2ccccc12. The number of hydrogen-bond donors (Lipinski definition) is 1. The quantitative estimate of drug-likeness (QED) is 0.604. The Morgan fingerprint density at radius 1 is 0.952 bits per heavy atom. The summed E-state index contributed by atoms with van der Waals surface area (Å²) in [5.41, 5.74) is 2.77. The normalized spacial score (nSPS) is 11.8. The first-order chi connectivity index (χ1) is 10.2. The van der Waals surface area contributed by atoms with E-state index in [1.54, 1.807) is 0 Å². The van der Waals surface area contributed by atoms with Crippen LogP contribution in [0.1, 0.15) is 13.8 Å². The summed E-state index contributed by atoms with van der Waals surface area (Å²) in [5.74, 6) is 0.916. The average molecular weight is 276 g/mol. The lowest BCUT2D eigenvalue weighted by atomic mass is 10.1. The van der Waals surface area contributed by atoms with Crippen molar-refractivity contribution in [3.63, 3.8) is 0 Å². The maximum Gasteiger partial charge on any atom is 0.167 e. The van der Waals surface area contributed by atoms with Gasteiger partial charge in [0.1, 0.15) is 17.0 Å². The molecule has 0 amide bonds. The van der Waals surface area contributed by atoms with Crippen LogP contribution < -0.4 is 5.32 Å². The molecule has 0 fully saturated rings. The number of fused-ring (bicyclic) bond motifs is 5. The van der Waals surface area contributed by atoms with E-state index in [0.717, 1.165) is 33.4 Å². The smallest absolute Gasteiger partial charge is 0.167 e. The summed E-state index contributed by atoms with van der Waals surface area (Å²) in [6.45, 7) is 4.24. The highest BCUT2D eigenvalue weighted by Crippen LogP contribution is 2.29. The van der Waals surface area contributed by atoms with Crippen molar-refractivity contribution in [2.24, 2.45) is 0 Å². The van der Waals surface area contributed by atoms with Crippen LogP contribution in [0.15, 0.2) is 48.7 Å². The number of pyridine rings is 2. The largest absolute Gasteiger partial charge is 0.367 e. The molecule has 1 N–H and O–H groups in total. The molecule has 1 aromatic carbocycles. The Balaban J connectivity index is 2.18. The molecule has 4 aromatic rings. The van der Waals surface area contributed by atoms with Gasteiger partial charge >= 0.3 is 0 Å². The Labute approximate surface area is 122 Å². The fraction of sp³-hybridized carbons (Fsp3) is 0.176. The van der Waals surface area contributed by atoms with Gasteiger partial charge in [0.15, 0.2) is 5.65 Å². The van der Waals surface area contributed by atoms with Crippen LogP contribution in [-0.4, -0.2) is 20.4 Å². The molecule has 0 bridgehead atoms. The van der Waals surface area contributed by atoms with Crippen LogP contribution in [0, 0.1) is 0 Å². The monoisotopic (exact) mass is 276 g/mol. The molecule has 0 saturated heterocycles. The van der Waals surface area contributed by atoms with Gasteiger partial charge in [-0.15, -0.1) is 0 Å². The number of benzene rings is 1. The molecule has 0 saturated carbocycles. The van der Waals surface area contributed by atoms with Gasteiger partial charge < -0.3 is 5.32 Å². The van der Waals surface area contributed by atoms with E-state index in [0.29, 0.717) is 6.04 Å². The maximum atomic E-state index is 4.82. The van der Waals surface area contributed by atoms with Gasteiger partial charge in [-0.3, -0.25) is 4.40 Å². The van der Waals surface area contributed by atoms with Crippen molar-refractivity contribution in [1.29, 1.82) is 0 Å². The van der Waals surface area contributed by atoms with Crippen LogP contribution in [-0.2, 0) is 0 Å². The van der Waals surface area contributed by atoms with Crippen molar-refractivity contribution in [2.45, 2.75) is 19.9 Å². The van der Waals surface area contributed by atoms with Crippen LogP contribution >= 0.6 is 0 Å². The molecule has 104 valence electrons. The third-order valence-electron chi connectivity index (χ3n) is 3.59. The Kier molecular flexibility index (Phi) is 2.57. The van der Waals surface area contributed by atoms with E-state index < -0.39 is 0 Å². The predicted octanol–water partition coefficient (Wildman–Crippen LogP) is 3.86. The van der Waals surface area contributed by atoms with Gasteiger partial charge in [-0.05, 0) is 26.0 Å². The minimum absolute atomic E-state index is 0.331. The van der Waals surface area contributed by atoms with Gasteiger partial charge in [0.2, 0.25) is 0 Å². The summed E-state index contributed by atoms with van der Waals surface area (Å²) in [7, 11) is 0. The molecule has 4 rings (SSSR count). The maximum absolute atomic E-state index is 4.82. The second kappa shape index (κ2) is 4.45. The molecular weight excluding hydrogens is 260 g/mol. The van der Waals surface area contributed by atoms with Gasteiger partial charge in [0.25, 0.3) is 0 Å². The van der Waals surface area contributed by atoms with Crippen molar-refractivity contribution in [2.75, 3.05) is 5.32 Å². The van der Waals surface area contributed by atoms with E-state index in [1.807, 2.05) is 40.9 Å². The summed E-state index contributed by atoms with van der Waals surface area (Å²) >= 11 is 0. The van der Waals surface area contributed by atoms with Crippen LogP contribution in [0.2, 0.25) is 0 Å². The number of nitrogens with zero attached hydrogens (tertiary/aromatic N) is 3. The second-order valence-electron chi connectivity index (χ2n) is 5.52. The van der Waals surface area contributed by atoms with E-state index in [9.17, 15) is 0 Å². The first kappa shape index (κ1) is 12.1. The lowest BCUT2D eigenvalue weighted by molar-refractivity contribution is 0.893. The van der Waals surface area contributed by atoms with Gasteiger partial charge in [0, 0.05) is 23.0 Å². The van der Waals surface area contributed by atoms with Gasteiger partial charge in [-0.2, -0.15) is 0 Å². The van der Waals surface area contributed by atoms with E-state index in [-0.39, 0.29) is 0 Å². The zero-order chi connectivity index (χ0) is 14.4. The summed E-state index contributed by atoms with van der Waals surface area (Å²) in [5, 5.41) is 5.69. The zero-order valence-electron chi connectivity index (χ0n) is 12.0. The highest BCUT2D eigenvalue weighted by Gasteiger charge is 2.13. The lowest BCUT2D eigenvalue weighted by Crippen LogP contribution is -2.11. The summed E-state index contributed by atoms with van der Waals surface area (Å²) in [6.07, 6.45) is 2.01. The number of anilines is 1. The van der Waals surface area contributed by atoms with Crippen LogP contribution in [0.3, 0.4) is 0 Å². The van der Waals surface area contributed by atoms with Crippen molar-refractivity contribution in [3.8, 4) is 0 Å². The van der Waals surface area contributed by atoms with Crippen molar-refractivity contribution in [1.82, 2.24) is 14.4 Å². The fourth-order valence-electron chi connectivity index (χ4n) is 2.72. The first-order valence-corrected chi connectivity index (χ1v) is 7.16. The summed E-state index contributed by atoms with van der Waals surface area (Å²) < 4.78 is 2.04. The minimum atomic E-state index is 0.331. The third kappa shape index (κ3) is 1.83. The van der Waals surface area contributed by atoms with Crippen LogP contribution in [0.4, 0.5) is 5.82 Å². The summed E-state index contributed by atoms with van der Waals surface area (Å²) in [4.78, 5) is 9.56. The zero-order valence-corrected chi connectivity index (χ0v) is 12.0. The lowest BCUT2D eigenvalue weighted by Gasteiger charge is -2.12. The molecule has 0 spiro atoms. The predicted molar refractivity (Wildman–Crippen MR) is 86.8 cm³/mol. The van der Waals surface area contributed by atoms with Crippen molar-refractivity contribution >= 4 is 33.4 Å². The number of imidazole rings is 1. The molecule has 3 heterocycles. The summed E-state index contributed by atoms with van der Waals surface area (Å²) in [6, 6.07) is 14.6. The third-order valence-corrected chi connectivity index (χ3v) is 3.59. The Hall–Kier alpha value is -2.62. The fourth-order valence-corrected chi connectivity index (χ4v) is 2.72. The topological polar surface area (TPSA) is 42.2 Å². The standard InChI is InChI=1S/C17H16N4/c1-11(2)18-16-13-8-4-3-7-12(13)15-17(20-16)21-10-6-5-9-14(21)19-15/h3-11H,1-2H3,(H,18,20). The van der Waals surface area contributed by atoms with Crippen LogP contribution in [0.5, 0.6) is 0 Å². The number of nitrogens with one attached hydrogen (secondary N) is 1. The van der Waals surface area contributed by atoms with E-state index in [1.165, 1.54) is 0 Å².